The van der Waals surface area contributed by atoms with Gasteiger partial charge in [-0.25, -0.2) is 9.65 Å². The van der Waals surface area contributed by atoms with Crippen LogP contribution < -0.4 is 5.09 Å². The third kappa shape index (κ3) is 8.99. The molecule has 0 amide bonds. The molecule has 7 nitrogen and oxygen atoms in total. The standard InChI is InChI=1S/C10H24NO6P/c1-3-4-5-8-16-9(2)10(13)17-18(14,15)11-6-7-12/h9-10,12-13H,3-8H2,1-2H3,(H2,11,14,15). The molecule has 18 heavy (non-hydrogen) atoms. The van der Waals surface area contributed by atoms with Gasteiger partial charge in [-0.1, -0.05) is 19.8 Å². The van der Waals surface area contributed by atoms with E-state index in [-0.39, 0.29) is 13.2 Å². The van der Waals surface area contributed by atoms with Crippen LogP contribution in [0.25, 0.3) is 0 Å². The fraction of sp³-hybridized carbons (Fsp3) is 1.00. The second-order valence-corrected chi connectivity index (χ2v) is 5.50. The summed E-state index contributed by atoms with van der Waals surface area (Å²) in [6.45, 7) is 3.70. The minimum absolute atomic E-state index is 0.0910. The minimum atomic E-state index is -4.10. The van der Waals surface area contributed by atoms with Gasteiger partial charge in [-0.05, 0) is 13.3 Å². The summed E-state index contributed by atoms with van der Waals surface area (Å²) >= 11 is 0. The van der Waals surface area contributed by atoms with Crippen molar-refractivity contribution >= 4 is 7.75 Å². The molecule has 0 spiro atoms. The first kappa shape index (κ1) is 18.0. The summed E-state index contributed by atoms with van der Waals surface area (Å²) in [6, 6.07) is 0. The number of rotatable bonds is 11. The highest BCUT2D eigenvalue weighted by Crippen LogP contribution is 2.38. The lowest BCUT2D eigenvalue weighted by molar-refractivity contribution is -0.127. The first-order chi connectivity index (χ1) is 8.43. The van der Waals surface area contributed by atoms with Gasteiger partial charge in [0.25, 0.3) is 0 Å². The minimum Gasteiger partial charge on any atom is -0.395 e. The summed E-state index contributed by atoms with van der Waals surface area (Å²) in [5, 5.41) is 20.1. The zero-order valence-electron chi connectivity index (χ0n) is 10.9. The summed E-state index contributed by atoms with van der Waals surface area (Å²) in [4.78, 5) is 9.27. The molecule has 110 valence electrons. The van der Waals surface area contributed by atoms with E-state index in [1.165, 1.54) is 0 Å². The third-order valence-corrected chi connectivity index (χ3v) is 3.33. The highest BCUT2D eigenvalue weighted by molar-refractivity contribution is 7.50. The summed E-state index contributed by atoms with van der Waals surface area (Å²) in [5.41, 5.74) is 0. The maximum atomic E-state index is 11.4. The number of unbranched alkanes of at least 4 members (excludes halogenated alkanes) is 2. The molecule has 4 N–H and O–H groups in total. The maximum absolute atomic E-state index is 11.4. The zero-order chi connectivity index (χ0) is 14.0. The van der Waals surface area contributed by atoms with E-state index in [0.717, 1.165) is 19.3 Å². The van der Waals surface area contributed by atoms with Gasteiger partial charge >= 0.3 is 7.75 Å². The van der Waals surface area contributed by atoms with Crippen molar-refractivity contribution in [3.05, 3.63) is 0 Å². The Hall–Kier alpha value is -0.0100. The average Bonchev–Trinajstić information content (AvgIpc) is 2.31. The quantitative estimate of drug-likeness (QED) is 0.250. The van der Waals surface area contributed by atoms with Crippen LogP contribution in [0, 0.1) is 0 Å². The molecule has 3 atom stereocenters. The summed E-state index contributed by atoms with van der Waals surface area (Å²) < 4.78 is 21.2. The van der Waals surface area contributed by atoms with E-state index in [4.69, 9.17) is 9.84 Å². The van der Waals surface area contributed by atoms with Crippen LogP contribution in [0.2, 0.25) is 0 Å². The van der Waals surface area contributed by atoms with E-state index in [0.29, 0.717) is 6.61 Å². The molecule has 0 aromatic rings. The van der Waals surface area contributed by atoms with Crippen LogP contribution in [-0.4, -0.2) is 47.3 Å². The van der Waals surface area contributed by atoms with E-state index < -0.39 is 20.1 Å². The largest absolute Gasteiger partial charge is 0.405 e. The lowest BCUT2D eigenvalue weighted by Gasteiger charge is -2.22. The molecule has 0 aromatic heterocycles. The maximum Gasteiger partial charge on any atom is 0.405 e. The van der Waals surface area contributed by atoms with Crippen LogP contribution in [0.1, 0.15) is 33.1 Å². The van der Waals surface area contributed by atoms with Crippen LogP contribution >= 0.6 is 7.75 Å². The first-order valence-electron chi connectivity index (χ1n) is 6.09. The number of aliphatic hydroxyl groups is 2. The SMILES string of the molecule is CCCCCOC(C)C(O)OP(=O)(O)NCCO. The second kappa shape index (κ2) is 9.86. The van der Waals surface area contributed by atoms with E-state index in [1.54, 1.807) is 6.92 Å². The molecule has 0 aliphatic heterocycles. The lowest BCUT2D eigenvalue weighted by atomic mass is 10.3. The molecule has 0 aromatic carbocycles. The van der Waals surface area contributed by atoms with Gasteiger partial charge in [0, 0.05) is 13.2 Å². The van der Waals surface area contributed by atoms with Gasteiger partial charge in [0.2, 0.25) is 0 Å². The van der Waals surface area contributed by atoms with Crippen molar-refractivity contribution in [1.82, 2.24) is 5.09 Å². The number of nitrogens with one attached hydrogen (secondary N) is 1. The fourth-order valence-corrected chi connectivity index (χ4v) is 2.09. The Morgan fingerprint density at radius 2 is 2.06 bits per heavy atom. The molecular formula is C10H24NO6P. The number of hydrogen-bond donors (Lipinski definition) is 4. The predicted molar refractivity (Wildman–Crippen MR) is 66.9 cm³/mol. The predicted octanol–water partition coefficient (Wildman–Crippen LogP) is 0.599. The van der Waals surface area contributed by atoms with Crippen molar-refractivity contribution in [1.29, 1.82) is 0 Å². The highest BCUT2D eigenvalue weighted by atomic mass is 31.2. The number of hydrogen-bond acceptors (Lipinski definition) is 5. The van der Waals surface area contributed by atoms with E-state index in [1.807, 2.05) is 0 Å². The van der Waals surface area contributed by atoms with Crippen molar-refractivity contribution in [3.63, 3.8) is 0 Å². The molecule has 0 saturated heterocycles. The van der Waals surface area contributed by atoms with Gasteiger partial charge in [-0.3, -0.25) is 4.52 Å². The Morgan fingerprint density at radius 1 is 1.39 bits per heavy atom. The second-order valence-electron chi connectivity index (χ2n) is 3.93. The van der Waals surface area contributed by atoms with Gasteiger partial charge < -0.3 is 19.8 Å². The normalized spacial score (nSPS) is 18.3. The zero-order valence-corrected chi connectivity index (χ0v) is 11.8. The van der Waals surface area contributed by atoms with Gasteiger partial charge in [0.1, 0.15) is 6.10 Å². The molecule has 0 aliphatic rings. The fourth-order valence-electron chi connectivity index (χ4n) is 1.16. The molecule has 3 unspecified atom stereocenters. The van der Waals surface area contributed by atoms with Crippen molar-refractivity contribution in [2.24, 2.45) is 0 Å². The van der Waals surface area contributed by atoms with E-state index >= 15 is 0 Å². The van der Waals surface area contributed by atoms with Crippen LogP contribution in [0.15, 0.2) is 0 Å². The Kier molecular flexibility index (Phi) is 9.85. The first-order valence-corrected chi connectivity index (χ1v) is 7.67. The third-order valence-electron chi connectivity index (χ3n) is 2.20. The van der Waals surface area contributed by atoms with Crippen LogP contribution in [0.4, 0.5) is 0 Å². The lowest BCUT2D eigenvalue weighted by Crippen LogP contribution is -2.30. The van der Waals surface area contributed by atoms with Crippen LogP contribution in [0.3, 0.4) is 0 Å². The molecular weight excluding hydrogens is 261 g/mol. The average molecular weight is 285 g/mol. The highest BCUT2D eigenvalue weighted by Gasteiger charge is 2.27. The Bertz CT molecular complexity index is 253. The van der Waals surface area contributed by atoms with Crippen LogP contribution in [-0.2, 0) is 13.8 Å². The van der Waals surface area contributed by atoms with Crippen molar-refractivity contribution in [2.45, 2.75) is 45.5 Å². The number of aliphatic hydroxyl groups excluding tert-OH is 2. The summed E-state index contributed by atoms with van der Waals surface area (Å²) in [6.07, 6.45) is 0.771. The Labute approximate surface area is 108 Å². The van der Waals surface area contributed by atoms with Gasteiger partial charge in [0.05, 0.1) is 6.61 Å². The van der Waals surface area contributed by atoms with Gasteiger partial charge in [-0.15, -0.1) is 0 Å². The smallest absolute Gasteiger partial charge is 0.395 e. The molecule has 8 heteroatoms. The van der Waals surface area contributed by atoms with Gasteiger partial charge in [0.15, 0.2) is 6.29 Å². The van der Waals surface area contributed by atoms with E-state index in [9.17, 15) is 14.6 Å². The van der Waals surface area contributed by atoms with Gasteiger partial charge in [-0.2, -0.15) is 0 Å². The Morgan fingerprint density at radius 3 is 2.61 bits per heavy atom. The molecule has 0 saturated carbocycles. The summed E-state index contributed by atoms with van der Waals surface area (Å²) in [5.74, 6) is 0. The number of ether oxygens (including phenoxy) is 1. The molecule has 0 radical (unpaired) electrons. The molecule has 0 fully saturated rings. The van der Waals surface area contributed by atoms with E-state index in [2.05, 4.69) is 16.5 Å². The topological polar surface area (TPSA) is 108 Å². The summed E-state index contributed by atoms with van der Waals surface area (Å²) in [7, 11) is -4.10. The molecule has 0 heterocycles. The molecule has 0 bridgehead atoms. The van der Waals surface area contributed by atoms with Crippen LogP contribution in [0.5, 0.6) is 0 Å². The monoisotopic (exact) mass is 285 g/mol. The molecule has 0 aliphatic carbocycles. The molecule has 0 rings (SSSR count). The van der Waals surface area contributed by atoms with Crippen molar-refractivity contribution in [2.75, 3.05) is 19.8 Å². The Balaban J connectivity index is 3.91. The van der Waals surface area contributed by atoms with Crippen molar-refractivity contribution < 1.29 is 28.9 Å². The van der Waals surface area contributed by atoms with Crippen molar-refractivity contribution in [3.8, 4) is 0 Å².